The van der Waals surface area contributed by atoms with Gasteiger partial charge in [-0.15, -0.1) is 12.4 Å². The second kappa shape index (κ2) is 10.3. The van der Waals surface area contributed by atoms with Crippen molar-refractivity contribution >= 4 is 36.0 Å². The molecule has 1 aliphatic rings. The summed E-state index contributed by atoms with van der Waals surface area (Å²) in [7, 11) is 0. The Kier molecular flexibility index (Phi) is 10.1. The average molecular weight is 310 g/mol. The molecule has 0 bridgehead atoms. The maximum absolute atomic E-state index is 12.1. The summed E-state index contributed by atoms with van der Waals surface area (Å²) in [4.78, 5) is 25.2. The lowest BCUT2D eigenvalue weighted by molar-refractivity contribution is -0.136. The van der Waals surface area contributed by atoms with Gasteiger partial charge in [-0.05, 0) is 13.8 Å². The zero-order chi connectivity index (χ0) is 13.4. The van der Waals surface area contributed by atoms with Crippen LogP contribution < -0.4 is 10.6 Å². The smallest absolute Gasteiger partial charge is 0.239 e. The Morgan fingerprint density at radius 1 is 1.42 bits per heavy atom. The first-order valence-electron chi connectivity index (χ1n) is 6.53. The molecule has 1 atom stereocenters. The Hall–Kier alpha value is -0.460. The molecule has 0 aromatic rings. The van der Waals surface area contributed by atoms with Gasteiger partial charge < -0.3 is 15.5 Å². The molecule has 1 saturated heterocycles. The van der Waals surface area contributed by atoms with Gasteiger partial charge in [0.25, 0.3) is 0 Å². The zero-order valence-corrected chi connectivity index (χ0v) is 13.2. The molecule has 0 aromatic carbocycles. The average Bonchev–Trinajstić information content (AvgIpc) is 2.37. The van der Waals surface area contributed by atoms with Crippen molar-refractivity contribution in [2.24, 2.45) is 0 Å². The quantitative estimate of drug-likeness (QED) is 0.749. The van der Waals surface area contributed by atoms with E-state index in [2.05, 4.69) is 10.6 Å². The maximum atomic E-state index is 12.1. The fourth-order valence-electron chi connectivity index (χ4n) is 1.89. The van der Waals surface area contributed by atoms with E-state index in [-0.39, 0.29) is 36.8 Å². The number of nitrogens with zero attached hydrogens (tertiary/aromatic N) is 1. The molecule has 19 heavy (non-hydrogen) atoms. The zero-order valence-electron chi connectivity index (χ0n) is 11.6. The van der Waals surface area contributed by atoms with E-state index in [0.717, 1.165) is 18.1 Å². The Morgan fingerprint density at radius 3 is 2.68 bits per heavy atom. The van der Waals surface area contributed by atoms with E-state index in [0.29, 0.717) is 19.5 Å². The number of hydrogen-bond acceptors (Lipinski definition) is 4. The molecule has 2 amide bonds. The number of hydrogen-bond donors (Lipinski definition) is 2. The number of thioether (sulfide) groups is 1. The van der Waals surface area contributed by atoms with Gasteiger partial charge in [0.15, 0.2) is 0 Å². The molecule has 1 rings (SSSR count). The van der Waals surface area contributed by atoms with Crippen LogP contribution in [-0.2, 0) is 9.59 Å². The lowest BCUT2D eigenvalue weighted by Gasteiger charge is -2.26. The summed E-state index contributed by atoms with van der Waals surface area (Å²) in [5.41, 5.74) is 0. The third-order valence-corrected chi connectivity index (χ3v) is 3.99. The Bertz CT molecular complexity index is 286. The van der Waals surface area contributed by atoms with E-state index >= 15 is 0 Å². The number of nitrogens with one attached hydrogen (secondary N) is 2. The summed E-state index contributed by atoms with van der Waals surface area (Å²) >= 11 is 1.87. The van der Waals surface area contributed by atoms with Crippen LogP contribution in [0.25, 0.3) is 0 Å². The Balaban J connectivity index is 0.00000324. The molecule has 112 valence electrons. The number of carbonyl (C=O) groups excluding carboxylic acids is 2. The molecule has 0 aliphatic carbocycles. The highest BCUT2D eigenvalue weighted by molar-refractivity contribution is 7.99. The van der Waals surface area contributed by atoms with Crippen LogP contribution in [0.1, 0.15) is 20.3 Å². The highest BCUT2D eigenvalue weighted by atomic mass is 35.5. The lowest BCUT2D eigenvalue weighted by Crippen LogP contribution is -2.45. The van der Waals surface area contributed by atoms with Crippen molar-refractivity contribution in [3.05, 3.63) is 0 Å². The van der Waals surface area contributed by atoms with Gasteiger partial charge in [-0.25, -0.2) is 0 Å². The van der Waals surface area contributed by atoms with E-state index in [1.54, 1.807) is 4.90 Å². The van der Waals surface area contributed by atoms with Gasteiger partial charge in [-0.2, -0.15) is 11.8 Å². The predicted molar refractivity (Wildman–Crippen MR) is 81.9 cm³/mol. The molecular formula is C12H24ClN3O2S. The predicted octanol–water partition coefficient (Wildman–Crippen LogP) is 0.488. The minimum absolute atomic E-state index is 0. The van der Waals surface area contributed by atoms with Crippen LogP contribution in [0.5, 0.6) is 0 Å². The fourth-order valence-corrected chi connectivity index (χ4v) is 2.84. The van der Waals surface area contributed by atoms with Crippen molar-refractivity contribution < 1.29 is 9.59 Å². The number of likely N-dealkylation sites (N-methyl/N-ethyl adjacent to an activating group) is 2. The topological polar surface area (TPSA) is 61.4 Å². The van der Waals surface area contributed by atoms with Gasteiger partial charge in [0.05, 0.1) is 6.54 Å². The molecule has 0 spiro atoms. The SMILES string of the molecule is CCNC(=O)CN(CC)C(=O)CC1CSCCN1.Cl. The summed E-state index contributed by atoms with van der Waals surface area (Å²) in [6.45, 7) is 6.09. The highest BCUT2D eigenvalue weighted by Gasteiger charge is 2.21. The van der Waals surface area contributed by atoms with Crippen molar-refractivity contribution in [3.63, 3.8) is 0 Å². The lowest BCUT2D eigenvalue weighted by atomic mass is 10.2. The van der Waals surface area contributed by atoms with Gasteiger partial charge in [-0.3, -0.25) is 9.59 Å². The number of amides is 2. The number of carbonyl (C=O) groups is 2. The summed E-state index contributed by atoms with van der Waals surface area (Å²) in [6, 6.07) is 0.250. The molecular weight excluding hydrogens is 286 g/mol. The maximum Gasteiger partial charge on any atom is 0.239 e. The fraction of sp³-hybridized carbons (Fsp3) is 0.833. The largest absolute Gasteiger partial charge is 0.355 e. The monoisotopic (exact) mass is 309 g/mol. The van der Waals surface area contributed by atoms with Crippen molar-refractivity contribution in [1.82, 2.24) is 15.5 Å². The second-order valence-corrected chi connectivity index (χ2v) is 5.44. The van der Waals surface area contributed by atoms with E-state index in [1.165, 1.54) is 0 Å². The standard InChI is InChI=1S/C12H23N3O2S.ClH/c1-3-13-11(16)8-15(4-2)12(17)7-10-9-18-6-5-14-10;/h10,14H,3-9H2,1-2H3,(H,13,16);1H. The van der Waals surface area contributed by atoms with Crippen LogP contribution in [0.3, 0.4) is 0 Å². The van der Waals surface area contributed by atoms with Gasteiger partial charge in [0.1, 0.15) is 0 Å². The molecule has 0 saturated carbocycles. The van der Waals surface area contributed by atoms with E-state index in [4.69, 9.17) is 0 Å². The molecule has 0 aromatic heterocycles. The first-order chi connectivity index (χ1) is 8.67. The molecule has 1 fully saturated rings. The minimum atomic E-state index is -0.0846. The van der Waals surface area contributed by atoms with Crippen LogP contribution >= 0.6 is 24.2 Å². The normalized spacial score (nSPS) is 18.3. The second-order valence-electron chi connectivity index (χ2n) is 4.29. The summed E-state index contributed by atoms with van der Waals surface area (Å²) in [5.74, 6) is 2.06. The van der Waals surface area contributed by atoms with Gasteiger partial charge >= 0.3 is 0 Å². The third kappa shape index (κ3) is 7.03. The first-order valence-corrected chi connectivity index (χ1v) is 7.68. The highest BCUT2D eigenvalue weighted by Crippen LogP contribution is 2.11. The van der Waals surface area contributed by atoms with Crippen LogP contribution in [-0.4, -0.2) is 60.4 Å². The number of halogens is 1. The van der Waals surface area contributed by atoms with Crippen molar-refractivity contribution in [1.29, 1.82) is 0 Å². The van der Waals surface area contributed by atoms with Gasteiger partial charge in [0.2, 0.25) is 11.8 Å². The van der Waals surface area contributed by atoms with E-state index in [1.807, 2.05) is 25.6 Å². The van der Waals surface area contributed by atoms with E-state index in [9.17, 15) is 9.59 Å². The molecule has 7 heteroatoms. The minimum Gasteiger partial charge on any atom is -0.355 e. The molecule has 1 unspecified atom stereocenters. The van der Waals surface area contributed by atoms with Crippen LogP contribution in [0, 0.1) is 0 Å². The summed E-state index contributed by atoms with van der Waals surface area (Å²) < 4.78 is 0. The van der Waals surface area contributed by atoms with Crippen LogP contribution in [0.2, 0.25) is 0 Å². The van der Waals surface area contributed by atoms with Crippen molar-refractivity contribution in [2.75, 3.05) is 37.7 Å². The molecule has 0 radical (unpaired) electrons. The third-order valence-electron chi connectivity index (χ3n) is 2.86. The van der Waals surface area contributed by atoms with Crippen molar-refractivity contribution in [3.8, 4) is 0 Å². The Labute approximate surface area is 125 Å². The molecule has 1 aliphatic heterocycles. The van der Waals surface area contributed by atoms with E-state index < -0.39 is 0 Å². The molecule has 2 N–H and O–H groups in total. The first kappa shape index (κ1) is 18.5. The van der Waals surface area contributed by atoms with Crippen molar-refractivity contribution in [2.45, 2.75) is 26.3 Å². The van der Waals surface area contributed by atoms with Gasteiger partial charge in [-0.1, -0.05) is 0 Å². The molecule has 5 nitrogen and oxygen atoms in total. The summed E-state index contributed by atoms with van der Waals surface area (Å²) in [6.07, 6.45) is 0.486. The molecule has 1 heterocycles. The van der Waals surface area contributed by atoms with Crippen LogP contribution in [0.4, 0.5) is 0 Å². The number of rotatable bonds is 6. The van der Waals surface area contributed by atoms with Crippen LogP contribution in [0.15, 0.2) is 0 Å². The Morgan fingerprint density at radius 2 is 2.16 bits per heavy atom. The summed E-state index contributed by atoms with van der Waals surface area (Å²) in [5, 5.41) is 6.05. The van der Waals surface area contributed by atoms with Gasteiger partial charge in [0, 0.05) is 43.6 Å².